The first kappa shape index (κ1) is 12.2. The smallest absolute Gasteiger partial charge is 0.233 e. The molecular weight excluding hydrogens is 220 g/mol. The zero-order valence-electron chi connectivity index (χ0n) is 9.84. The molecule has 2 N–H and O–H groups in total. The lowest BCUT2D eigenvalue weighted by atomic mass is 9.96. The van der Waals surface area contributed by atoms with Crippen molar-refractivity contribution in [2.24, 2.45) is 5.92 Å². The molecule has 2 fully saturated rings. The molecule has 2 rings (SSSR count). The van der Waals surface area contributed by atoms with Crippen LogP contribution in [0.5, 0.6) is 0 Å². The fourth-order valence-electron chi connectivity index (χ4n) is 2.47. The van der Waals surface area contributed by atoms with E-state index in [4.69, 9.17) is 0 Å². The number of thioether (sulfide) groups is 1. The third-order valence-corrected chi connectivity index (χ3v) is 4.85. The van der Waals surface area contributed by atoms with Crippen LogP contribution in [-0.4, -0.2) is 36.5 Å². The number of carbonyl (C=O) groups excluding carboxylic acids is 1. The van der Waals surface area contributed by atoms with Crippen molar-refractivity contribution in [2.45, 2.75) is 37.4 Å². The molecule has 0 radical (unpaired) electrons. The van der Waals surface area contributed by atoms with E-state index in [2.05, 4.69) is 10.6 Å². The van der Waals surface area contributed by atoms with E-state index in [1.807, 2.05) is 11.8 Å². The summed E-state index contributed by atoms with van der Waals surface area (Å²) in [6.45, 7) is 3.16. The van der Waals surface area contributed by atoms with Crippen LogP contribution in [0.3, 0.4) is 0 Å². The van der Waals surface area contributed by atoms with Crippen molar-refractivity contribution in [3.63, 3.8) is 0 Å². The van der Waals surface area contributed by atoms with E-state index in [-0.39, 0.29) is 11.2 Å². The molecule has 0 aromatic rings. The SMILES string of the molecule is O=C(NCCC1CCCNC1)C1CCCS1. The lowest BCUT2D eigenvalue weighted by Crippen LogP contribution is -2.35. The van der Waals surface area contributed by atoms with E-state index in [0.29, 0.717) is 0 Å². The van der Waals surface area contributed by atoms with Gasteiger partial charge in [-0.05, 0) is 56.9 Å². The number of hydrogen-bond acceptors (Lipinski definition) is 3. The molecule has 2 saturated heterocycles. The summed E-state index contributed by atoms with van der Waals surface area (Å²) in [4.78, 5) is 11.7. The van der Waals surface area contributed by atoms with Gasteiger partial charge in [-0.1, -0.05) is 0 Å². The van der Waals surface area contributed by atoms with Gasteiger partial charge in [-0.25, -0.2) is 0 Å². The van der Waals surface area contributed by atoms with Gasteiger partial charge >= 0.3 is 0 Å². The van der Waals surface area contributed by atoms with E-state index in [9.17, 15) is 4.79 Å². The first-order chi connectivity index (χ1) is 7.86. The highest BCUT2D eigenvalue weighted by atomic mass is 32.2. The van der Waals surface area contributed by atoms with Gasteiger partial charge in [0.05, 0.1) is 5.25 Å². The third-order valence-electron chi connectivity index (χ3n) is 3.47. The summed E-state index contributed by atoms with van der Waals surface area (Å²) in [7, 11) is 0. The molecule has 0 saturated carbocycles. The summed E-state index contributed by atoms with van der Waals surface area (Å²) >= 11 is 1.81. The first-order valence-electron chi connectivity index (χ1n) is 6.46. The molecule has 0 aromatic heterocycles. The van der Waals surface area contributed by atoms with E-state index in [1.165, 1.54) is 25.8 Å². The fourth-order valence-corrected chi connectivity index (χ4v) is 3.65. The van der Waals surface area contributed by atoms with Crippen LogP contribution in [0.25, 0.3) is 0 Å². The van der Waals surface area contributed by atoms with E-state index >= 15 is 0 Å². The topological polar surface area (TPSA) is 41.1 Å². The summed E-state index contributed by atoms with van der Waals surface area (Å²) in [5.74, 6) is 2.20. The normalized spacial score (nSPS) is 30.2. The summed E-state index contributed by atoms with van der Waals surface area (Å²) in [5, 5.41) is 6.74. The predicted octanol–water partition coefficient (Wildman–Crippen LogP) is 1.39. The van der Waals surface area contributed by atoms with E-state index < -0.39 is 0 Å². The van der Waals surface area contributed by atoms with Crippen molar-refractivity contribution in [1.29, 1.82) is 0 Å². The molecule has 0 aliphatic carbocycles. The number of piperidine rings is 1. The van der Waals surface area contributed by atoms with Crippen molar-refractivity contribution in [3.8, 4) is 0 Å². The molecule has 0 bridgehead atoms. The van der Waals surface area contributed by atoms with Crippen molar-refractivity contribution >= 4 is 17.7 Å². The second-order valence-corrected chi connectivity index (χ2v) is 6.10. The van der Waals surface area contributed by atoms with Crippen LogP contribution in [0, 0.1) is 5.92 Å². The molecule has 16 heavy (non-hydrogen) atoms. The number of rotatable bonds is 4. The van der Waals surface area contributed by atoms with Gasteiger partial charge in [-0.15, -0.1) is 11.8 Å². The standard InChI is InChI=1S/C12H22N2OS/c15-12(11-4-2-8-16-11)14-7-5-10-3-1-6-13-9-10/h10-11,13H,1-9H2,(H,14,15). The van der Waals surface area contributed by atoms with Gasteiger partial charge in [0.15, 0.2) is 0 Å². The Morgan fingerprint density at radius 3 is 3.00 bits per heavy atom. The predicted molar refractivity (Wildman–Crippen MR) is 68.7 cm³/mol. The lowest BCUT2D eigenvalue weighted by Gasteiger charge is -2.22. The van der Waals surface area contributed by atoms with Gasteiger partial charge < -0.3 is 10.6 Å². The Kier molecular flexibility index (Phi) is 4.97. The Morgan fingerprint density at radius 2 is 2.31 bits per heavy atom. The molecule has 2 unspecified atom stereocenters. The van der Waals surface area contributed by atoms with Crippen LogP contribution < -0.4 is 10.6 Å². The number of carbonyl (C=O) groups is 1. The van der Waals surface area contributed by atoms with Crippen LogP contribution in [0.15, 0.2) is 0 Å². The van der Waals surface area contributed by atoms with Crippen LogP contribution >= 0.6 is 11.8 Å². The van der Waals surface area contributed by atoms with Crippen molar-refractivity contribution in [2.75, 3.05) is 25.4 Å². The summed E-state index contributed by atoms with van der Waals surface area (Å²) in [5.41, 5.74) is 0. The average molecular weight is 242 g/mol. The molecule has 2 atom stereocenters. The maximum Gasteiger partial charge on any atom is 0.233 e. The largest absolute Gasteiger partial charge is 0.355 e. The van der Waals surface area contributed by atoms with Crippen LogP contribution in [0.2, 0.25) is 0 Å². The quantitative estimate of drug-likeness (QED) is 0.783. The van der Waals surface area contributed by atoms with E-state index in [1.54, 1.807) is 0 Å². The number of amides is 1. The molecule has 2 aliphatic rings. The Hall–Kier alpha value is -0.220. The molecule has 2 heterocycles. The number of nitrogens with one attached hydrogen (secondary N) is 2. The lowest BCUT2D eigenvalue weighted by molar-refractivity contribution is -0.120. The Balaban J connectivity index is 1.57. The minimum Gasteiger partial charge on any atom is -0.355 e. The second-order valence-electron chi connectivity index (χ2n) is 4.79. The molecular formula is C12H22N2OS. The van der Waals surface area contributed by atoms with Gasteiger partial charge in [-0.2, -0.15) is 0 Å². The molecule has 3 nitrogen and oxygen atoms in total. The van der Waals surface area contributed by atoms with Gasteiger partial charge in [0.2, 0.25) is 5.91 Å². The summed E-state index contributed by atoms with van der Waals surface area (Å²) in [6, 6.07) is 0. The molecule has 92 valence electrons. The van der Waals surface area contributed by atoms with Gasteiger partial charge in [0, 0.05) is 6.54 Å². The zero-order chi connectivity index (χ0) is 11.2. The van der Waals surface area contributed by atoms with Crippen LogP contribution in [-0.2, 0) is 4.79 Å². The van der Waals surface area contributed by atoms with Gasteiger partial charge in [0.1, 0.15) is 0 Å². The third kappa shape index (κ3) is 3.67. The molecule has 0 aromatic carbocycles. The minimum atomic E-state index is 0.240. The molecule has 1 amide bonds. The average Bonchev–Trinajstić information content (AvgIpc) is 2.84. The monoisotopic (exact) mass is 242 g/mol. The molecule has 4 heteroatoms. The summed E-state index contributed by atoms with van der Waals surface area (Å²) in [6.07, 6.45) is 6.02. The molecule has 0 spiro atoms. The Labute approximate surface area is 102 Å². The number of hydrogen-bond donors (Lipinski definition) is 2. The van der Waals surface area contributed by atoms with Gasteiger partial charge in [-0.3, -0.25) is 4.79 Å². The highest BCUT2D eigenvalue weighted by Gasteiger charge is 2.23. The van der Waals surface area contributed by atoms with Gasteiger partial charge in [0.25, 0.3) is 0 Å². The second kappa shape index (κ2) is 6.50. The van der Waals surface area contributed by atoms with Crippen molar-refractivity contribution in [3.05, 3.63) is 0 Å². The summed E-state index contributed by atoms with van der Waals surface area (Å²) < 4.78 is 0. The maximum absolute atomic E-state index is 11.7. The molecule has 2 aliphatic heterocycles. The highest BCUT2D eigenvalue weighted by molar-refractivity contribution is 8.00. The minimum absolute atomic E-state index is 0.240. The highest BCUT2D eigenvalue weighted by Crippen LogP contribution is 2.26. The first-order valence-corrected chi connectivity index (χ1v) is 7.51. The van der Waals surface area contributed by atoms with Crippen LogP contribution in [0.1, 0.15) is 32.1 Å². The Morgan fingerprint density at radius 1 is 1.38 bits per heavy atom. The zero-order valence-corrected chi connectivity index (χ0v) is 10.7. The maximum atomic E-state index is 11.7. The fraction of sp³-hybridized carbons (Fsp3) is 0.917. The van der Waals surface area contributed by atoms with Crippen molar-refractivity contribution in [1.82, 2.24) is 10.6 Å². The van der Waals surface area contributed by atoms with E-state index in [0.717, 1.165) is 37.6 Å². The van der Waals surface area contributed by atoms with Crippen LogP contribution in [0.4, 0.5) is 0 Å². The van der Waals surface area contributed by atoms with Crippen molar-refractivity contribution < 1.29 is 4.79 Å². The Bertz CT molecular complexity index is 223.